The molecule has 0 aliphatic carbocycles. The molecule has 0 atom stereocenters. The van der Waals surface area contributed by atoms with Crippen LogP contribution in [0.15, 0.2) is 17.5 Å². The maximum atomic E-state index is 12.1. The Kier molecular flexibility index (Phi) is 7.05. The predicted molar refractivity (Wildman–Crippen MR) is 73.0 cm³/mol. The first kappa shape index (κ1) is 14.9. The fourth-order valence-electron chi connectivity index (χ4n) is 1.62. The van der Waals surface area contributed by atoms with Gasteiger partial charge in [0.1, 0.15) is 0 Å². The molecule has 0 aliphatic heterocycles. The van der Waals surface area contributed by atoms with Crippen LogP contribution in [0, 0.1) is 0 Å². The van der Waals surface area contributed by atoms with Gasteiger partial charge < -0.3 is 9.05 Å². The average Bonchev–Trinajstić information content (AvgIpc) is 2.78. The Morgan fingerprint density at radius 3 is 2.47 bits per heavy atom. The maximum Gasteiger partial charge on any atom is 0.330 e. The van der Waals surface area contributed by atoms with Crippen LogP contribution in [0.4, 0.5) is 0 Å². The van der Waals surface area contributed by atoms with E-state index < -0.39 is 7.60 Å². The van der Waals surface area contributed by atoms with E-state index in [0.717, 1.165) is 19.3 Å². The number of unbranched alkanes of at least 4 members (excludes halogenated alkanes) is 1. The zero-order chi connectivity index (χ0) is 12.6. The van der Waals surface area contributed by atoms with E-state index in [9.17, 15) is 4.57 Å². The molecule has 1 rings (SSSR count). The van der Waals surface area contributed by atoms with Gasteiger partial charge in [0.2, 0.25) is 0 Å². The van der Waals surface area contributed by atoms with Gasteiger partial charge in [0, 0.05) is 4.88 Å². The lowest BCUT2D eigenvalue weighted by molar-refractivity contribution is 0.219. The van der Waals surface area contributed by atoms with Crippen LogP contribution in [0.3, 0.4) is 0 Å². The molecule has 0 spiro atoms. The second kappa shape index (κ2) is 8.04. The van der Waals surface area contributed by atoms with Gasteiger partial charge in [-0.05, 0) is 44.6 Å². The number of aryl methyl sites for hydroxylation is 1. The minimum Gasteiger partial charge on any atom is -0.309 e. The Hall–Kier alpha value is -0.150. The molecule has 0 aromatic carbocycles. The first-order chi connectivity index (χ1) is 8.20. The molecule has 0 saturated carbocycles. The Balaban J connectivity index is 2.25. The normalized spacial score (nSPS) is 11.9. The van der Waals surface area contributed by atoms with E-state index in [-0.39, 0.29) is 0 Å². The third-order valence-corrected chi connectivity index (χ3v) is 5.44. The highest BCUT2D eigenvalue weighted by atomic mass is 32.1. The van der Waals surface area contributed by atoms with E-state index in [1.54, 1.807) is 11.3 Å². The van der Waals surface area contributed by atoms with E-state index in [1.165, 1.54) is 4.88 Å². The van der Waals surface area contributed by atoms with Gasteiger partial charge in [0.15, 0.2) is 0 Å². The van der Waals surface area contributed by atoms with Crippen molar-refractivity contribution in [1.82, 2.24) is 0 Å². The first-order valence-electron chi connectivity index (χ1n) is 6.10. The molecule has 5 heteroatoms. The van der Waals surface area contributed by atoms with E-state index in [0.29, 0.717) is 19.4 Å². The van der Waals surface area contributed by atoms with E-state index in [4.69, 9.17) is 9.05 Å². The number of rotatable bonds is 9. The summed E-state index contributed by atoms with van der Waals surface area (Å²) >= 11 is 1.77. The lowest BCUT2D eigenvalue weighted by atomic mass is 10.2. The van der Waals surface area contributed by atoms with Gasteiger partial charge in [-0.15, -0.1) is 11.3 Å². The summed E-state index contributed by atoms with van der Waals surface area (Å²) in [5.74, 6) is 0. The zero-order valence-corrected chi connectivity index (χ0v) is 12.3. The lowest BCUT2D eigenvalue weighted by Gasteiger charge is -2.16. The van der Waals surface area contributed by atoms with E-state index >= 15 is 0 Å². The molecule has 0 saturated heterocycles. The summed E-state index contributed by atoms with van der Waals surface area (Å²) in [6.07, 6.45) is 3.50. The van der Waals surface area contributed by atoms with Crippen molar-refractivity contribution in [3.63, 3.8) is 0 Å². The fraction of sp³-hybridized carbons (Fsp3) is 0.667. The minimum atomic E-state index is -2.82. The average molecular weight is 276 g/mol. The third-order valence-electron chi connectivity index (χ3n) is 2.34. The van der Waals surface area contributed by atoms with Crippen molar-refractivity contribution in [3.05, 3.63) is 22.4 Å². The summed E-state index contributed by atoms with van der Waals surface area (Å²) in [5.41, 5.74) is 0. The second-order valence-corrected chi connectivity index (χ2v) is 6.92. The van der Waals surface area contributed by atoms with E-state index in [1.807, 2.05) is 13.8 Å². The highest BCUT2D eigenvalue weighted by Crippen LogP contribution is 2.48. The van der Waals surface area contributed by atoms with Crippen molar-refractivity contribution in [3.8, 4) is 0 Å². The van der Waals surface area contributed by atoms with Crippen molar-refractivity contribution >= 4 is 18.9 Å². The monoisotopic (exact) mass is 276 g/mol. The molecule has 0 N–H and O–H groups in total. The van der Waals surface area contributed by atoms with Gasteiger partial charge in [-0.2, -0.15) is 0 Å². The number of hydrogen-bond acceptors (Lipinski definition) is 4. The molecule has 0 unspecified atom stereocenters. The first-order valence-corrected chi connectivity index (χ1v) is 8.71. The largest absolute Gasteiger partial charge is 0.330 e. The smallest absolute Gasteiger partial charge is 0.309 e. The summed E-state index contributed by atoms with van der Waals surface area (Å²) in [4.78, 5) is 1.38. The number of hydrogen-bond donors (Lipinski definition) is 0. The van der Waals surface area contributed by atoms with Crippen LogP contribution < -0.4 is 0 Å². The van der Waals surface area contributed by atoms with Gasteiger partial charge in [-0.3, -0.25) is 4.57 Å². The molecule has 1 heterocycles. The molecule has 0 radical (unpaired) electrons. The highest BCUT2D eigenvalue weighted by molar-refractivity contribution is 7.53. The van der Waals surface area contributed by atoms with Crippen molar-refractivity contribution in [2.75, 3.05) is 19.4 Å². The van der Waals surface area contributed by atoms with Gasteiger partial charge in [0.25, 0.3) is 0 Å². The topological polar surface area (TPSA) is 35.5 Å². The van der Waals surface area contributed by atoms with Crippen molar-refractivity contribution in [2.45, 2.75) is 33.1 Å². The summed E-state index contributed by atoms with van der Waals surface area (Å²) in [5, 5.41) is 2.08. The molecule has 0 aliphatic rings. The van der Waals surface area contributed by atoms with Crippen molar-refractivity contribution in [1.29, 1.82) is 0 Å². The molecule has 0 bridgehead atoms. The standard InChI is InChI=1S/C12H21O3PS/c1-3-14-16(13,15-4-2)10-6-5-8-12-9-7-11-17-12/h7,9,11H,3-6,8,10H2,1-2H3. The van der Waals surface area contributed by atoms with Gasteiger partial charge in [-0.1, -0.05) is 6.07 Å². The van der Waals surface area contributed by atoms with Crippen LogP contribution in [0.25, 0.3) is 0 Å². The summed E-state index contributed by atoms with van der Waals surface area (Å²) in [6.45, 7) is 4.58. The molecule has 3 nitrogen and oxygen atoms in total. The third kappa shape index (κ3) is 5.82. The molecule has 1 aromatic heterocycles. The lowest BCUT2D eigenvalue weighted by Crippen LogP contribution is -2.00. The van der Waals surface area contributed by atoms with Crippen molar-refractivity contribution in [2.24, 2.45) is 0 Å². The molecular weight excluding hydrogens is 255 g/mol. The molecule has 0 amide bonds. The SMILES string of the molecule is CCOP(=O)(CCCCc1cccs1)OCC. The predicted octanol–water partition coefficient (Wildman–Crippen LogP) is 4.34. The van der Waals surface area contributed by atoms with Crippen LogP contribution in [-0.4, -0.2) is 19.4 Å². The zero-order valence-electron chi connectivity index (χ0n) is 10.6. The minimum absolute atomic E-state index is 0.447. The quantitative estimate of drug-likeness (QED) is 0.497. The maximum absolute atomic E-state index is 12.1. The molecule has 1 aromatic rings. The van der Waals surface area contributed by atoms with Crippen LogP contribution in [0.5, 0.6) is 0 Å². The van der Waals surface area contributed by atoms with Crippen LogP contribution >= 0.6 is 18.9 Å². The molecule has 0 fully saturated rings. The van der Waals surface area contributed by atoms with Gasteiger partial charge in [-0.25, -0.2) is 0 Å². The van der Waals surface area contributed by atoms with Crippen LogP contribution in [0.1, 0.15) is 31.6 Å². The fourth-order valence-corrected chi connectivity index (χ4v) is 4.10. The van der Waals surface area contributed by atoms with Crippen LogP contribution in [0.2, 0.25) is 0 Å². The summed E-state index contributed by atoms with van der Waals surface area (Å²) in [7, 11) is -2.82. The number of thiophene rings is 1. The summed E-state index contributed by atoms with van der Waals surface area (Å²) < 4.78 is 22.6. The van der Waals surface area contributed by atoms with Gasteiger partial charge >= 0.3 is 7.60 Å². The highest BCUT2D eigenvalue weighted by Gasteiger charge is 2.22. The Morgan fingerprint density at radius 2 is 1.94 bits per heavy atom. The molecule has 98 valence electrons. The van der Waals surface area contributed by atoms with Crippen molar-refractivity contribution < 1.29 is 13.6 Å². The van der Waals surface area contributed by atoms with Gasteiger partial charge in [0.05, 0.1) is 19.4 Å². The summed E-state index contributed by atoms with van der Waals surface area (Å²) in [6, 6.07) is 4.20. The Labute approximate surface area is 108 Å². The molecule has 17 heavy (non-hydrogen) atoms. The Morgan fingerprint density at radius 1 is 1.24 bits per heavy atom. The van der Waals surface area contributed by atoms with Crippen LogP contribution in [-0.2, 0) is 20.0 Å². The van der Waals surface area contributed by atoms with E-state index in [2.05, 4.69) is 17.5 Å². The Bertz CT molecular complexity index is 328. The second-order valence-electron chi connectivity index (χ2n) is 3.71. The molecular formula is C12H21O3PS.